The van der Waals surface area contributed by atoms with Crippen LogP contribution in [-0.4, -0.2) is 111 Å². The van der Waals surface area contributed by atoms with Crippen molar-refractivity contribution < 1.29 is 48.2 Å². The monoisotopic (exact) mass is 687 g/mol. The van der Waals surface area contributed by atoms with E-state index in [1.165, 1.54) is 4.90 Å². The third kappa shape index (κ3) is 11.1. The van der Waals surface area contributed by atoms with Crippen LogP contribution in [0.25, 0.3) is 0 Å². The molecule has 3 unspecified atom stereocenters. The molecule has 14 nitrogen and oxygen atoms in total. The van der Waals surface area contributed by atoms with Crippen LogP contribution in [0.4, 0.5) is 10.5 Å². The van der Waals surface area contributed by atoms with Gasteiger partial charge in [0.15, 0.2) is 0 Å². The number of likely N-dealkylation sites (tertiary alicyclic amines) is 1. The number of piperidine rings is 1. The largest absolute Gasteiger partial charge is 0.490 e. The number of rotatable bonds is 17. The summed E-state index contributed by atoms with van der Waals surface area (Å²) in [5, 5.41) is 20.8. The molecule has 0 radical (unpaired) electrons. The Morgan fingerprint density at radius 2 is 1.78 bits per heavy atom. The number of fused-ring (bicyclic) bond motifs is 1. The fourth-order valence-corrected chi connectivity index (χ4v) is 6.49. The van der Waals surface area contributed by atoms with Gasteiger partial charge in [-0.15, -0.1) is 10.1 Å². The molecule has 1 saturated heterocycles. The van der Waals surface area contributed by atoms with Crippen molar-refractivity contribution in [1.29, 1.82) is 0 Å². The van der Waals surface area contributed by atoms with Crippen LogP contribution in [0.5, 0.6) is 11.5 Å². The summed E-state index contributed by atoms with van der Waals surface area (Å²) < 4.78 is 35.7. The fraction of sp³-hybridized carbons (Fsp3) is 0.629. The molecular weight excluding hydrogens is 638 g/mol. The zero-order chi connectivity index (χ0) is 34.4. The topological polar surface area (TPSA) is 152 Å². The quantitative estimate of drug-likeness (QED) is 0.143. The predicted molar refractivity (Wildman–Crippen MR) is 178 cm³/mol. The highest BCUT2D eigenvalue weighted by Crippen LogP contribution is 2.34. The molecule has 0 spiro atoms. The maximum Gasteiger partial charge on any atom is 0.409 e. The average Bonchev–Trinajstić information content (AvgIpc) is 3.11. The molecule has 0 bridgehead atoms. The number of β-amino-alcohol motifs (C(OH)–C–C–N with tert-alkyl or cyclic N) is 1. The first kappa shape index (κ1) is 36.4. The van der Waals surface area contributed by atoms with Crippen molar-refractivity contribution in [2.45, 2.75) is 82.1 Å². The average molecular weight is 688 g/mol. The molecule has 2 heterocycles. The van der Waals surface area contributed by atoms with Crippen molar-refractivity contribution in [2.75, 3.05) is 64.6 Å². The van der Waals surface area contributed by atoms with Crippen molar-refractivity contribution in [2.24, 2.45) is 0 Å². The predicted octanol–water partition coefficient (Wildman–Crippen LogP) is 4.38. The molecule has 5 rings (SSSR count). The number of carbonyl (C=O) groups is 1. The number of carbonyl (C=O) groups excluding carboxylic acids is 1. The molecule has 0 aromatic heterocycles. The number of hydrogen-bond acceptors (Lipinski definition) is 12. The second-order valence-electron chi connectivity index (χ2n) is 12.6. The Labute approximate surface area is 287 Å². The molecule has 1 N–H and O–H groups in total. The number of benzene rings is 2. The fourth-order valence-electron chi connectivity index (χ4n) is 6.49. The number of anilines is 1. The summed E-state index contributed by atoms with van der Waals surface area (Å²) in [7, 11) is 1.70. The van der Waals surface area contributed by atoms with Gasteiger partial charge in [-0.3, -0.25) is 0 Å². The Bertz CT molecular complexity index is 1310. The van der Waals surface area contributed by atoms with Gasteiger partial charge in [-0.05, 0) is 74.8 Å². The van der Waals surface area contributed by atoms with Gasteiger partial charge in [0.25, 0.3) is 5.09 Å². The van der Waals surface area contributed by atoms with E-state index in [1.54, 1.807) is 7.11 Å². The van der Waals surface area contributed by atoms with Crippen molar-refractivity contribution in [3.63, 3.8) is 0 Å². The van der Waals surface area contributed by atoms with E-state index < -0.39 is 29.5 Å². The van der Waals surface area contributed by atoms with E-state index in [2.05, 4.69) is 15.8 Å². The lowest BCUT2D eigenvalue weighted by atomic mass is 9.93. The summed E-state index contributed by atoms with van der Waals surface area (Å²) in [5.74, 6) is 1.68. The van der Waals surface area contributed by atoms with Crippen molar-refractivity contribution in [1.82, 2.24) is 4.90 Å². The lowest BCUT2D eigenvalue weighted by molar-refractivity contribution is -0.757. The van der Waals surface area contributed by atoms with Crippen molar-refractivity contribution >= 4 is 11.8 Å². The third-order valence-corrected chi connectivity index (χ3v) is 9.01. The standard InChI is InChI=1S/C35H49N3O11/c1-43-18-7-16-36-17-21-44-32-15-10-26(22-30(32)36)25-46-33-24-37(35(40)45-19-5-6-20-47-38(41)42)23-31(39)34(33)49-29-13-11-28(12-14-29)48-27-8-3-2-4-9-27/h2-4,8-10,15,22,28-29,31,33-34,39H,5-7,11-14,16-21,23-25H2,1H3. The van der Waals surface area contributed by atoms with Crippen LogP contribution in [0.15, 0.2) is 48.5 Å². The Morgan fingerprint density at radius 3 is 2.55 bits per heavy atom. The molecule has 3 aliphatic rings. The smallest absolute Gasteiger partial charge is 0.409 e. The van der Waals surface area contributed by atoms with Crippen molar-refractivity contribution in [3.8, 4) is 11.5 Å². The van der Waals surface area contributed by atoms with Crippen LogP contribution in [-0.2, 0) is 30.4 Å². The second-order valence-corrected chi connectivity index (χ2v) is 12.6. The first-order valence-corrected chi connectivity index (χ1v) is 17.2. The Balaban J connectivity index is 1.20. The zero-order valence-corrected chi connectivity index (χ0v) is 28.2. The Morgan fingerprint density at radius 1 is 1.00 bits per heavy atom. The van der Waals surface area contributed by atoms with Gasteiger partial charge < -0.3 is 48.2 Å². The van der Waals surface area contributed by atoms with Gasteiger partial charge in [-0.2, -0.15) is 0 Å². The number of unbranched alkanes of at least 4 members (excludes halogenated alkanes) is 1. The number of methoxy groups -OCH3 is 1. The number of aliphatic hydroxyl groups is 1. The summed E-state index contributed by atoms with van der Waals surface area (Å²) in [5.41, 5.74) is 1.94. The van der Waals surface area contributed by atoms with E-state index in [-0.39, 0.29) is 45.1 Å². The van der Waals surface area contributed by atoms with Crippen LogP contribution in [0, 0.1) is 10.1 Å². The van der Waals surface area contributed by atoms with E-state index in [0.717, 1.165) is 67.9 Å². The van der Waals surface area contributed by atoms with Gasteiger partial charge in [0.05, 0.1) is 57.4 Å². The molecule has 14 heteroatoms. The van der Waals surface area contributed by atoms with Gasteiger partial charge in [0, 0.05) is 20.3 Å². The highest BCUT2D eigenvalue weighted by atomic mass is 16.9. The molecule has 49 heavy (non-hydrogen) atoms. The third-order valence-electron chi connectivity index (χ3n) is 9.01. The molecule has 1 saturated carbocycles. The molecule has 1 amide bonds. The number of amides is 1. The number of aliphatic hydroxyl groups excluding tert-OH is 1. The minimum atomic E-state index is -0.994. The number of para-hydroxylation sites is 1. The van der Waals surface area contributed by atoms with Crippen LogP contribution in [0.2, 0.25) is 0 Å². The number of ether oxygens (including phenoxy) is 6. The van der Waals surface area contributed by atoms with Crippen molar-refractivity contribution in [3.05, 3.63) is 64.2 Å². The van der Waals surface area contributed by atoms with E-state index in [9.17, 15) is 20.0 Å². The maximum absolute atomic E-state index is 13.0. The lowest BCUT2D eigenvalue weighted by Crippen LogP contribution is -2.59. The SMILES string of the molecule is COCCCN1CCOc2ccc(COC3CN(C(=O)OCCCCO[N+](=O)[O-])CC(O)C3OC3CCC(Oc4ccccc4)CC3)cc21. The van der Waals surface area contributed by atoms with Gasteiger partial charge in [0.1, 0.15) is 36.4 Å². The number of hydrogen-bond donors (Lipinski definition) is 1. The van der Waals surface area contributed by atoms with Gasteiger partial charge in [0.2, 0.25) is 0 Å². The van der Waals surface area contributed by atoms with Crippen LogP contribution >= 0.6 is 0 Å². The summed E-state index contributed by atoms with van der Waals surface area (Å²) in [4.78, 5) is 31.4. The Hall–Kier alpha value is -3.85. The molecule has 270 valence electrons. The van der Waals surface area contributed by atoms with Gasteiger partial charge >= 0.3 is 6.09 Å². The lowest BCUT2D eigenvalue weighted by Gasteiger charge is -2.43. The summed E-state index contributed by atoms with van der Waals surface area (Å²) in [6.07, 6.45) is 2.07. The van der Waals surface area contributed by atoms with E-state index in [4.69, 9.17) is 28.4 Å². The highest BCUT2D eigenvalue weighted by molar-refractivity contribution is 5.68. The molecule has 2 aromatic carbocycles. The molecular formula is C35H49N3O11. The van der Waals surface area contributed by atoms with Crippen LogP contribution < -0.4 is 14.4 Å². The van der Waals surface area contributed by atoms with E-state index in [1.807, 2.05) is 42.5 Å². The molecule has 2 fully saturated rings. The normalized spacial score (nSPS) is 23.7. The summed E-state index contributed by atoms with van der Waals surface area (Å²) in [6.45, 7) is 3.38. The second kappa shape index (κ2) is 18.8. The zero-order valence-electron chi connectivity index (χ0n) is 28.2. The maximum atomic E-state index is 13.0. The van der Waals surface area contributed by atoms with E-state index >= 15 is 0 Å². The van der Waals surface area contributed by atoms with Crippen LogP contribution in [0.1, 0.15) is 50.5 Å². The van der Waals surface area contributed by atoms with E-state index in [0.29, 0.717) is 26.1 Å². The van der Waals surface area contributed by atoms with Gasteiger partial charge in [-0.1, -0.05) is 24.3 Å². The molecule has 1 aliphatic carbocycles. The minimum absolute atomic E-state index is 0.0346. The first-order chi connectivity index (χ1) is 23.9. The summed E-state index contributed by atoms with van der Waals surface area (Å²) in [6, 6.07) is 15.8. The highest BCUT2D eigenvalue weighted by Gasteiger charge is 2.42. The van der Waals surface area contributed by atoms with Gasteiger partial charge in [-0.25, -0.2) is 4.79 Å². The first-order valence-electron chi connectivity index (χ1n) is 17.2. The minimum Gasteiger partial charge on any atom is -0.490 e. The molecule has 2 aromatic rings. The Kier molecular flexibility index (Phi) is 14.0. The number of nitrogens with zero attached hydrogens (tertiary/aromatic N) is 3. The molecule has 2 aliphatic heterocycles. The molecule has 3 atom stereocenters. The van der Waals surface area contributed by atoms with Crippen LogP contribution in [0.3, 0.4) is 0 Å². The summed E-state index contributed by atoms with van der Waals surface area (Å²) >= 11 is 0.